The molecule has 81 valence electrons. The van der Waals surface area contributed by atoms with Crippen LogP contribution in [0.4, 0.5) is 5.69 Å². The molecule has 0 N–H and O–H groups in total. The van der Waals surface area contributed by atoms with Crippen molar-refractivity contribution in [3.05, 3.63) is 36.2 Å². The van der Waals surface area contributed by atoms with Gasteiger partial charge in [0.05, 0.1) is 5.69 Å². The second-order valence-corrected chi connectivity index (χ2v) is 4.40. The average Bonchev–Trinajstić information content (AvgIpc) is 2.18. The Morgan fingerprint density at radius 3 is 2.00 bits per heavy atom. The molecule has 0 unspecified atom stereocenters. The van der Waals surface area contributed by atoms with Crippen molar-refractivity contribution < 1.29 is 0 Å². The molecule has 1 rings (SSSR count). The number of hydrogen-bond acceptors (Lipinski definition) is 1. The lowest BCUT2D eigenvalue weighted by molar-refractivity contribution is 0.574. The highest BCUT2D eigenvalue weighted by atomic mass is 14.7. The van der Waals surface area contributed by atoms with Gasteiger partial charge in [0.2, 0.25) is 0 Å². The van der Waals surface area contributed by atoms with Crippen molar-refractivity contribution in [1.82, 2.24) is 0 Å². The van der Waals surface area contributed by atoms with Gasteiger partial charge in [-0.05, 0) is 24.0 Å². The molecule has 0 aliphatic carbocycles. The standard InChI is InChI=1S/C14H20N/c1-11(2)14(12(3)4)10-15-13-8-6-5-7-9-13/h5-12H,1-4H3. The summed E-state index contributed by atoms with van der Waals surface area (Å²) in [7, 11) is 0. The largest absolute Gasteiger partial charge is 0.261 e. The van der Waals surface area contributed by atoms with Gasteiger partial charge in [0.25, 0.3) is 0 Å². The van der Waals surface area contributed by atoms with Crippen LogP contribution in [-0.4, -0.2) is 6.21 Å². The van der Waals surface area contributed by atoms with Crippen LogP contribution >= 0.6 is 0 Å². The Labute approximate surface area is 93.2 Å². The third-order valence-electron chi connectivity index (χ3n) is 2.45. The second-order valence-electron chi connectivity index (χ2n) is 4.40. The summed E-state index contributed by atoms with van der Waals surface area (Å²) in [4.78, 5) is 4.49. The van der Waals surface area contributed by atoms with Crippen LogP contribution in [-0.2, 0) is 0 Å². The zero-order chi connectivity index (χ0) is 11.3. The summed E-state index contributed by atoms with van der Waals surface area (Å²) in [6.07, 6.45) is 2.02. The van der Waals surface area contributed by atoms with Gasteiger partial charge in [0.15, 0.2) is 0 Å². The first-order valence-corrected chi connectivity index (χ1v) is 5.57. The molecule has 0 atom stereocenters. The molecular weight excluding hydrogens is 182 g/mol. The quantitative estimate of drug-likeness (QED) is 0.646. The Kier molecular flexibility index (Phi) is 4.54. The molecule has 0 aromatic heterocycles. The van der Waals surface area contributed by atoms with Gasteiger partial charge >= 0.3 is 0 Å². The molecule has 1 radical (unpaired) electrons. The zero-order valence-electron chi connectivity index (χ0n) is 10.1. The van der Waals surface area contributed by atoms with Crippen LogP contribution in [0.3, 0.4) is 0 Å². The molecule has 0 amide bonds. The van der Waals surface area contributed by atoms with Gasteiger partial charge < -0.3 is 0 Å². The predicted molar refractivity (Wildman–Crippen MR) is 67.5 cm³/mol. The minimum absolute atomic E-state index is 0.567. The van der Waals surface area contributed by atoms with Crippen LogP contribution in [0.5, 0.6) is 0 Å². The Morgan fingerprint density at radius 2 is 1.53 bits per heavy atom. The van der Waals surface area contributed by atoms with Crippen LogP contribution in [0.25, 0.3) is 0 Å². The molecule has 1 nitrogen and oxygen atoms in total. The Bertz CT molecular complexity index is 290. The molecule has 0 saturated carbocycles. The van der Waals surface area contributed by atoms with E-state index in [0.717, 1.165) is 5.69 Å². The van der Waals surface area contributed by atoms with Crippen LogP contribution in [0.2, 0.25) is 0 Å². The third kappa shape index (κ3) is 3.86. The first-order valence-electron chi connectivity index (χ1n) is 5.57. The molecular formula is C14H20N. The summed E-state index contributed by atoms with van der Waals surface area (Å²) in [5, 5.41) is 0. The highest BCUT2D eigenvalue weighted by Gasteiger charge is 2.15. The summed E-state index contributed by atoms with van der Waals surface area (Å²) in [6, 6.07) is 10.1. The maximum absolute atomic E-state index is 4.49. The van der Waals surface area contributed by atoms with Gasteiger partial charge in [0, 0.05) is 12.1 Å². The lowest BCUT2D eigenvalue weighted by Crippen LogP contribution is -2.14. The van der Waals surface area contributed by atoms with Crippen LogP contribution in [0.1, 0.15) is 27.7 Å². The molecule has 0 aliphatic heterocycles. The Morgan fingerprint density at radius 1 is 1.00 bits per heavy atom. The van der Waals surface area contributed by atoms with Crippen LogP contribution in [0, 0.1) is 17.8 Å². The van der Waals surface area contributed by atoms with E-state index in [-0.39, 0.29) is 0 Å². The number of hydrogen-bond donors (Lipinski definition) is 0. The molecule has 0 fully saturated rings. The summed E-state index contributed by atoms with van der Waals surface area (Å²) in [6.45, 7) is 8.86. The van der Waals surface area contributed by atoms with Crippen molar-refractivity contribution in [2.75, 3.05) is 0 Å². The van der Waals surface area contributed by atoms with E-state index in [0.29, 0.717) is 11.8 Å². The van der Waals surface area contributed by atoms with Gasteiger partial charge in [-0.1, -0.05) is 45.9 Å². The van der Waals surface area contributed by atoms with Gasteiger partial charge in [-0.25, -0.2) is 0 Å². The lowest BCUT2D eigenvalue weighted by Gasteiger charge is -2.19. The van der Waals surface area contributed by atoms with Crippen molar-refractivity contribution in [2.45, 2.75) is 27.7 Å². The maximum Gasteiger partial charge on any atom is 0.0625 e. The molecule has 0 saturated heterocycles. The zero-order valence-corrected chi connectivity index (χ0v) is 10.1. The highest BCUT2D eigenvalue weighted by molar-refractivity contribution is 5.78. The van der Waals surface area contributed by atoms with Gasteiger partial charge in [-0.2, -0.15) is 0 Å². The monoisotopic (exact) mass is 202 g/mol. The minimum atomic E-state index is 0.567. The van der Waals surface area contributed by atoms with Gasteiger partial charge in [-0.3, -0.25) is 4.99 Å². The highest BCUT2D eigenvalue weighted by Crippen LogP contribution is 2.22. The fourth-order valence-corrected chi connectivity index (χ4v) is 1.63. The number of para-hydroxylation sites is 1. The van der Waals surface area contributed by atoms with E-state index in [1.165, 1.54) is 5.92 Å². The summed E-state index contributed by atoms with van der Waals surface area (Å²) in [5.41, 5.74) is 1.02. The van der Waals surface area contributed by atoms with E-state index in [2.05, 4.69) is 32.7 Å². The van der Waals surface area contributed by atoms with Crippen molar-refractivity contribution >= 4 is 11.9 Å². The average molecular weight is 202 g/mol. The molecule has 1 aromatic rings. The van der Waals surface area contributed by atoms with Crippen molar-refractivity contribution in [1.29, 1.82) is 0 Å². The van der Waals surface area contributed by atoms with E-state index in [1.807, 2.05) is 36.5 Å². The Hall–Kier alpha value is -1.11. The number of nitrogens with zero attached hydrogens (tertiary/aromatic N) is 1. The smallest absolute Gasteiger partial charge is 0.0625 e. The normalized spacial score (nSPS) is 12.2. The second kappa shape index (κ2) is 5.69. The topological polar surface area (TPSA) is 12.4 Å². The van der Waals surface area contributed by atoms with E-state index in [9.17, 15) is 0 Å². The molecule has 0 bridgehead atoms. The molecule has 15 heavy (non-hydrogen) atoms. The SMILES string of the molecule is CC(C)[C](C=Nc1ccccc1)C(C)C. The molecule has 0 spiro atoms. The fraction of sp³-hybridized carbons (Fsp3) is 0.429. The van der Waals surface area contributed by atoms with Crippen molar-refractivity contribution in [3.63, 3.8) is 0 Å². The first kappa shape index (κ1) is 12.0. The summed E-state index contributed by atoms with van der Waals surface area (Å²) < 4.78 is 0. The van der Waals surface area contributed by atoms with E-state index < -0.39 is 0 Å². The van der Waals surface area contributed by atoms with E-state index in [1.54, 1.807) is 0 Å². The molecule has 0 aliphatic rings. The fourth-order valence-electron chi connectivity index (χ4n) is 1.63. The first-order chi connectivity index (χ1) is 7.11. The van der Waals surface area contributed by atoms with Gasteiger partial charge in [-0.15, -0.1) is 0 Å². The number of aliphatic imine (C=N–C) groups is 1. The predicted octanol–water partition coefficient (Wildman–Crippen LogP) is 4.28. The van der Waals surface area contributed by atoms with Crippen LogP contribution in [0.15, 0.2) is 35.3 Å². The third-order valence-corrected chi connectivity index (χ3v) is 2.45. The van der Waals surface area contributed by atoms with Crippen molar-refractivity contribution in [3.8, 4) is 0 Å². The van der Waals surface area contributed by atoms with E-state index in [4.69, 9.17) is 0 Å². The Balaban J connectivity index is 2.70. The van der Waals surface area contributed by atoms with Crippen molar-refractivity contribution in [2.24, 2.45) is 16.8 Å². The van der Waals surface area contributed by atoms with Crippen LogP contribution < -0.4 is 0 Å². The number of benzene rings is 1. The summed E-state index contributed by atoms with van der Waals surface area (Å²) in [5.74, 6) is 2.54. The number of rotatable bonds is 4. The maximum atomic E-state index is 4.49. The molecule has 1 aromatic carbocycles. The molecule has 0 heterocycles. The van der Waals surface area contributed by atoms with Gasteiger partial charge in [0.1, 0.15) is 0 Å². The lowest BCUT2D eigenvalue weighted by atomic mass is 9.87. The minimum Gasteiger partial charge on any atom is -0.261 e. The van der Waals surface area contributed by atoms with E-state index >= 15 is 0 Å². The molecule has 1 heteroatoms. The summed E-state index contributed by atoms with van der Waals surface area (Å²) >= 11 is 0.